The van der Waals surface area contributed by atoms with Crippen LogP contribution in [0.2, 0.25) is 19.5 Å². The second-order valence-corrected chi connectivity index (χ2v) is 4.79. The lowest BCUT2D eigenvalue weighted by Gasteiger charge is -2.41. The number of hydrogen-bond acceptors (Lipinski definition) is 1. The molecule has 0 bridgehead atoms. The first-order chi connectivity index (χ1) is 5.81. The SMILES string of the molecule is CB1CCC2(CCOCC2)CC1. The number of ether oxygens (including phenoxy) is 1. The van der Waals surface area contributed by atoms with Crippen LogP contribution in [0.25, 0.3) is 0 Å². The molecule has 1 spiro atoms. The minimum atomic E-state index is 0.713. The molecule has 0 N–H and O–H groups in total. The molecule has 2 heterocycles. The summed E-state index contributed by atoms with van der Waals surface area (Å²) < 4.78 is 5.42. The molecule has 0 aliphatic carbocycles. The smallest absolute Gasteiger partial charge is 0.136 e. The van der Waals surface area contributed by atoms with Gasteiger partial charge in [-0.15, -0.1) is 0 Å². The second-order valence-electron chi connectivity index (χ2n) is 4.79. The van der Waals surface area contributed by atoms with E-state index >= 15 is 0 Å². The number of rotatable bonds is 0. The Morgan fingerprint density at radius 3 is 2.17 bits per heavy atom. The van der Waals surface area contributed by atoms with Crippen LogP contribution >= 0.6 is 0 Å². The van der Waals surface area contributed by atoms with E-state index in [1.54, 1.807) is 0 Å². The fraction of sp³-hybridized carbons (Fsp3) is 1.00. The molecule has 0 saturated carbocycles. The van der Waals surface area contributed by atoms with Crippen molar-refractivity contribution >= 4 is 6.71 Å². The maximum absolute atomic E-state index is 5.42. The molecule has 68 valence electrons. The molecule has 2 aliphatic rings. The van der Waals surface area contributed by atoms with E-state index < -0.39 is 0 Å². The normalized spacial score (nSPS) is 29.2. The predicted molar refractivity (Wildman–Crippen MR) is 53.0 cm³/mol. The van der Waals surface area contributed by atoms with Gasteiger partial charge in [0.05, 0.1) is 0 Å². The minimum Gasteiger partial charge on any atom is -0.381 e. The van der Waals surface area contributed by atoms with Gasteiger partial charge in [0.1, 0.15) is 6.71 Å². The van der Waals surface area contributed by atoms with E-state index in [2.05, 4.69) is 6.82 Å². The van der Waals surface area contributed by atoms with Crippen LogP contribution in [-0.4, -0.2) is 19.9 Å². The summed E-state index contributed by atoms with van der Waals surface area (Å²) in [6.07, 6.45) is 8.52. The Kier molecular flexibility index (Phi) is 2.45. The monoisotopic (exact) mass is 166 g/mol. The molecule has 2 saturated heterocycles. The number of hydrogen-bond donors (Lipinski definition) is 0. The van der Waals surface area contributed by atoms with Crippen LogP contribution in [0.1, 0.15) is 25.7 Å². The van der Waals surface area contributed by atoms with Gasteiger partial charge in [-0.05, 0) is 18.3 Å². The van der Waals surface area contributed by atoms with E-state index in [9.17, 15) is 0 Å². The molecule has 0 unspecified atom stereocenters. The molecule has 0 radical (unpaired) electrons. The highest BCUT2D eigenvalue weighted by atomic mass is 16.5. The Morgan fingerprint density at radius 1 is 1.00 bits per heavy atom. The van der Waals surface area contributed by atoms with E-state index in [1.807, 2.05) is 0 Å². The Morgan fingerprint density at radius 2 is 1.58 bits per heavy atom. The van der Waals surface area contributed by atoms with Gasteiger partial charge in [0.15, 0.2) is 0 Å². The highest BCUT2D eigenvalue weighted by Gasteiger charge is 2.35. The van der Waals surface area contributed by atoms with Crippen molar-refractivity contribution in [3.05, 3.63) is 0 Å². The first-order valence-electron chi connectivity index (χ1n) is 5.39. The lowest BCUT2D eigenvalue weighted by molar-refractivity contribution is 0.00826. The Labute approximate surface area is 75.9 Å². The van der Waals surface area contributed by atoms with Crippen LogP contribution < -0.4 is 0 Å². The Hall–Kier alpha value is 0.0249. The summed E-state index contributed by atoms with van der Waals surface area (Å²) in [5.41, 5.74) is 0.713. The summed E-state index contributed by atoms with van der Waals surface area (Å²) in [5, 5.41) is 0. The highest BCUT2D eigenvalue weighted by molar-refractivity contribution is 6.57. The van der Waals surface area contributed by atoms with Gasteiger partial charge in [-0.3, -0.25) is 0 Å². The predicted octanol–water partition coefficient (Wildman–Crippen LogP) is 2.70. The van der Waals surface area contributed by atoms with Crippen molar-refractivity contribution in [1.29, 1.82) is 0 Å². The van der Waals surface area contributed by atoms with Crippen LogP contribution in [0.15, 0.2) is 0 Å². The van der Waals surface area contributed by atoms with E-state index in [-0.39, 0.29) is 0 Å². The maximum atomic E-state index is 5.42. The van der Waals surface area contributed by atoms with Crippen LogP contribution in [0.4, 0.5) is 0 Å². The average Bonchev–Trinajstić information content (AvgIpc) is 2.13. The van der Waals surface area contributed by atoms with Crippen molar-refractivity contribution in [3.63, 3.8) is 0 Å². The quantitative estimate of drug-likeness (QED) is 0.502. The Bertz CT molecular complexity index is 142. The first kappa shape index (κ1) is 8.62. The zero-order chi connectivity index (χ0) is 8.44. The summed E-state index contributed by atoms with van der Waals surface area (Å²) in [4.78, 5) is 0. The van der Waals surface area contributed by atoms with Gasteiger partial charge in [0, 0.05) is 13.2 Å². The minimum absolute atomic E-state index is 0.713. The molecule has 0 amide bonds. The summed E-state index contributed by atoms with van der Waals surface area (Å²) in [7, 11) is 0. The molecule has 0 aromatic carbocycles. The standard InChI is InChI=1S/C10H19BO/c1-11-6-2-10(3-7-11)4-8-12-9-5-10/h2-9H2,1H3. The molecule has 12 heavy (non-hydrogen) atoms. The van der Waals surface area contributed by atoms with Crippen LogP contribution in [-0.2, 0) is 4.74 Å². The van der Waals surface area contributed by atoms with Crippen molar-refractivity contribution in [1.82, 2.24) is 0 Å². The van der Waals surface area contributed by atoms with Crippen molar-refractivity contribution in [2.45, 2.75) is 45.1 Å². The van der Waals surface area contributed by atoms with Crippen LogP contribution in [0, 0.1) is 5.41 Å². The molecular formula is C10H19BO. The zero-order valence-corrected chi connectivity index (χ0v) is 8.14. The molecule has 2 heteroatoms. The first-order valence-corrected chi connectivity index (χ1v) is 5.39. The lowest BCUT2D eigenvalue weighted by atomic mass is 9.39. The van der Waals surface area contributed by atoms with Crippen LogP contribution in [0.3, 0.4) is 0 Å². The summed E-state index contributed by atoms with van der Waals surface area (Å²) in [5.74, 6) is 0. The molecule has 0 aromatic rings. The van der Waals surface area contributed by atoms with Crippen molar-refractivity contribution in [3.8, 4) is 0 Å². The van der Waals surface area contributed by atoms with Gasteiger partial charge < -0.3 is 4.74 Å². The van der Waals surface area contributed by atoms with Gasteiger partial charge in [-0.25, -0.2) is 0 Å². The Balaban J connectivity index is 1.92. The molecule has 2 aliphatic heterocycles. The fourth-order valence-electron chi connectivity index (χ4n) is 2.68. The lowest BCUT2D eigenvalue weighted by Crippen LogP contribution is -2.34. The van der Waals surface area contributed by atoms with E-state index in [0.717, 1.165) is 19.9 Å². The fourth-order valence-corrected chi connectivity index (χ4v) is 2.68. The summed E-state index contributed by atoms with van der Waals surface area (Å²) >= 11 is 0. The molecule has 1 nitrogen and oxygen atoms in total. The van der Waals surface area contributed by atoms with Crippen molar-refractivity contribution in [2.24, 2.45) is 5.41 Å². The van der Waals surface area contributed by atoms with Gasteiger partial charge in [0.2, 0.25) is 0 Å². The van der Waals surface area contributed by atoms with Crippen LogP contribution in [0.5, 0.6) is 0 Å². The summed E-state index contributed by atoms with van der Waals surface area (Å²) in [6.45, 7) is 5.42. The van der Waals surface area contributed by atoms with Crippen molar-refractivity contribution < 1.29 is 4.74 Å². The molecule has 0 aromatic heterocycles. The summed E-state index contributed by atoms with van der Waals surface area (Å²) in [6, 6.07) is 0. The van der Waals surface area contributed by atoms with Gasteiger partial charge in [0.25, 0.3) is 0 Å². The third-order valence-electron chi connectivity index (χ3n) is 3.89. The van der Waals surface area contributed by atoms with Gasteiger partial charge in [-0.1, -0.05) is 32.3 Å². The molecule has 0 atom stereocenters. The van der Waals surface area contributed by atoms with Crippen molar-refractivity contribution in [2.75, 3.05) is 13.2 Å². The van der Waals surface area contributed by atoms with E-state index in [1.165, 1.54) is 38.3 Å². The largest absolute Gasteiger partial charge is 0.381 e. The maximum Gasteiger partial charge on any atom is 0.136 e. The van der Waals surface area contributed by atoms with Gasteiger partial charge >= 0.3 is 0 Å². The molecule has 2 fully saturated rings. The third kappa shape index (κ3) is 1.68. The zero-order valence-electron chi connectivity index (χ0n) is 8.14. The second kappa shape index (κ2) is 3.41. The third-order valence-corrected chi connectivity index (χ3v) is 3.89. The highest BCUT2D eigenvalue weighted by Crippen LogP contribution is 2.44. The van der Waals surface area contributed by atoms with Gasteiger partial charge in [-0.2, -0.15) is 0 Å². The molecule has 2 rings (SSSR count). The van der Waals surface area contributed by atoms with E-state index in [0.29, 0.717) is 5.41 Å². The topological polar surface area (TPSA) is 9.23 Å². The van der Waals surface area contributed by atoms with E-state index in [4.69, 9.17) is 4.74 Å². The molecular weight excluding hydrogens is 147 g/mol. The average molecular weight is 166 g/mol.